The largest absolute Gasteiger partial charge is 0.485 e. The molecule has 0 radical (unpaired) electrons. The van der Waals surface area contributed by atoms with Crippen LogP contribution in [-0.4, -0.2) is 64.7 Å². The zero-order valence-electron chi connectivity index (χ0n) is 19.8. The molecular formula is C26H26ClFN4O3S. The highest BCUT2D eigenvalue weighted by atomic mass is 35.5. The van der Waals surface area contributed by atoms with E-state index < -0.39 is 12.3 Å². The number of urea groups is 1. The van der Waals surface area contributed by atoms with Gasteiger partial charge in [0.2, 0.25) is 0 Å². The number of nitrogens with zero attached hydrogens (tertiary/aromatic N) is 3. The zero-order chi connectivity index (χ0) is 25.0. The first-order valence-electron chi connectivity index (χ1n) is 12.2. The Hall–Kier alpha value is -2.75. The van der Waals surface area contributed by atoms with E-state index in [0.717, 1.165) is 51.0 Å². The maximum Gasteiger partial charge on any atom is 0.327 e. The summed E-state index contributed by atoms with van der Waals surface area (Å²) < 4.78 is 21.4. The molecule has 3 fully saturated rings. The summed E-state index contributed by atoms with van der Waals surface area (Å²) in [5.41, 5.74) is 3.22. The highest BCUT2D eigenvalue weighted by Gasteiger charge is 2.45. The summed E-state index contributed by atoms with van der Waals surface area (Å²) in [6.07, 6.45) is 2.68. The van der Waals surface area contributed by atoms with Gasteiger partial charge in [0.1, 0.15) is 17.9 Å². The number of hydrogen-bond acceptors (Lipinski definition) is 6. The number of hydrogen-bond donors (Lipinski definition) is 1. The van der Waals surface area contributed by atoms with Crippen molar-refractivity contribution in [3.05, 3.63) is 45.9 Å². The van der Waals surface area contributed by atoms with E-state index in [1.807, 2.05) is 31.2 Å². The highest BCUT2D eigenvalue weighted by molar-refractivity contribution is 7.19. The minimum Gasteiger partial charge on any atom is -0.485 e. The van der Waals surface area contributed by atoms with Gasteiger partial charge in [0, 0.05) is 46.9 Å². The van der Waals surface area contributed by atoms with Crippen LogP contribution in [0.15, 0.2) is 30.5 Å². The van der Waals surface area contributed by atoms with Crippen LogP contribution in [0.2, 0.25) is 5.02 Å². The molecule has 1 aromatic carbocycles. The topological polar surface area (TPSA) is 74.8 Å². The monoisotopic (exact) mass is 528 g/mol. The molecule has 0 bridgehead atoms. The van der Waals surface area contributed by atoms with Crippen LogP contribution in [0.3, 0.4) is 0 Å². The molecule has 3 atom stereocenters. The Morgan fingerprint density at radius 2 is 2.08 bits per heavy atom. The summed E-state index contributed by atoms with van der Waals surface area (Å²) in [6, 6.07) is 6.94. The van der Waals surface area contributed by atoms with E-state index in [0.29, 0.717) is 23.9 Å². The van der Waals surface area contributed by atoms with Crippen molar-refractivity contribution in [2.45, 2.75) is 51.0 Å². The molecule has 3 saturated heterocycles. The van der Waals surface area contributed by atoms with Gasteiger partial charge >= 0.3 is 6.03 Å². The molecular weight excluding hydrogens is 503 g/mol. The molecule has 1 N–H and O–H groups in total. The van der Waals surface area contributed by atoms with Crippen LogP contribution in [0.5, 0.6) is 5.75 Å². The summed E-state index contributed by atoms with van der Waals surface area (Å²) in [6.45, 7) is 3.47. The number of ether oxygens (including phenoxy) is 1. The number of piperidine rings is 1. The molecule has 3 aliphatic heterocycles. The third-order valence-electron chi connectivity index (χ3n) is 7.19. The van der Waals surface area contributed by atoms with Crippen molar-refractivity contribution >= 4 is 45.1 Å². The lowest BCUT2D eigenvalue weighted by atomic mass is 10.0. The molecule has 0 spiro atoms. The number of fused-ring (bicyclic) bond motifs is 2. The first-order valence-corrected chi connectivity index (χ1v) is 13.4. The number of rotatable bonds is 5. The molecule has 5 heterocycles. The minimum absolute atomic E-state index is 0.113. The van der Waals surface area contributed by atoms with Gasteiger partial charge in [0.15, 0.2) is 6.17 Å². The molecule has 0 saturated carbocycles. The average molecular weight is 529 g/mol. The van der Waals surface area contributed by atoms with Gasteiger partial charge in [0.25, 0.3) is 5.91 Å². The number of pyridine rings is 1. The van der Waals surface area contributed by atoms with Crippen molar-refractivity contribution in [1.29, 1.82) is 0 Å². The van der Waals surface area contributed by atoms with Crippen molar-refractivity contribution in [3.63, 3.8) is 0 Å². The molecule has 3 amide bonds. The summed E-state index contributed by atoms with van der Waals surface area (Å²) in [4.78, 5) is 34.4. The number of nitrogens with one attached hydrogen (secondary N) is 1. The normalized spacial score (nSPS) is 24.1. The van der Waals surface area contributed by atoms with E-state index in [2.05, 4.69) is 10.3 Å². The third-order valence-corrected chi connectivity index (χ3v) is 8.56. The molecule has 3 aromatic rings. The summed E-state index contributed by atoms with van der Waals surface area (Å²) in [7, 11) is 0. The van der Waals surface area contributed by atoms with E-state index >= 15 is 0 Å². The molecule has 36 heavy (non-hydrogen) atoms. The Balaban J connectivity index is 1.36. The molecule has 10 heteroatoms. The fraction of sp³-hybridized carbons (Fsp3) is 0.423. The number of amides is 3. The zero-order valence-corrected chi connectivity index (χ0v) is 21.4. The summed E-state index contributed by atoms with van der Waals surface area (Å²) in [5, 5.41) is 3.59. The van der Waals surface area contributed by atoms with Crippen LogP contribution in [0.25, 0.3) is 21.3 Å². The Morgan fingerprint density at radius 3 is 2.86 bits per heavy atom. The summed E-state index contributed by atoms with van der Waals surface area (Å²) >= 11 is 7.93. The maximum absolute atomic E-state index is 14.4. The Morgan fingerprint density at radius 1 is 1.22 bits per heavy atom. The van der Waals surface area contributed by atoms with Gasteiger partial charge in [-0.2, -0.15) is 0 Å². The number of halogens is 2. The van der Waals surface area contributed by atoms with E-state index in [1.54, 1.807) is 11.1 Å². The number of imide groups is 1. The quantitative estimate of drug-likeness (QED) is 0.475. The van der Waals surface area contributed by atoms with Crippen LogP contribution < -0.4 is 10.1 Å². The van der Waals surface area contributed by atoms with Crippen LogP contribution in [-0.2, 0) is 11.3 Å². The average Bonchev–Trinajstić information content (AvgIpc) is 3.53. The van der Waals surface area contributed by atoms with Crippen molar-refractivity contribution < 1.29 is 18.7 Å². The van der Waals surface area contributed by atoms with Crippen LogP contribution in [0.1, 0.15) is 29.7 Å². The standard InChI is InChI=1S/C26H26ClFN4O3S/c1-14-8-15(27)9-18(23(14)35-22-12-29-11-19(22)28)17-5-6-30-20-10-16(36-24(17)20)13-32-25(33)21-4-2-3-7-31(21)26(32)34/h5-6,8-10,19,21-22,29H,2-4,7,11-13H2,1H3/t19-,21?,22+/m0/s1. The Labute approximate surface area is 217 Å². The predicted molar refractivity (Wildman–Crippen MR) is 137 cm³/mol. The Kier molecular flexibility index (Phi) is 6.09. The van der Waals surface area contributed by atoms with Gasteiger partial charge in [-0.1, -0.05) is 11.6 Å². The van der Waals surface area contributed by atoms with Crippen molar-refractivity contribution in [3.8, 4) is 16.9 Å². The minimum atomic E-state index is -1.09. The second kappa shape index (κ2) is 9.28. The number of thiophene rings is 1. The van der Waals surface area contributed by atoms with Crippen molar-refractivity contribution in [2.24, 2.45) is 0 Å². The Bertz CT molecular complexity index is 1340. The van der Waals surface area contributed by atoms with Crippen LogP contribution >= 0.6 is 22.9 Å². The number of aromatic nitrogens is 1. The SMILES string of the molecule is Cc1cc(Cl)cc(-c2ccnc3cc(CN4C(=O)C5CCCCN5C4=O)sc23)c1O[C@@H]1CNC[C@@H]1F. The van der Waals surface area contributed by atoms with Gasteiger partial charge in [-0.3, -0.25) is 14.7 Å². The fourth-order valence-corrected chi connectivity index (χ4v) is 6.80. The second-order valence-electron chi connectivity index (χ2n) is 9.63. The van der Waals surface area contributed by atoms with Crippen molar-refractivity contribution in [2.75, 3.05) is 19.6 Å². The molecule has 6 rings (SSSR count). The van der Waals surface area contributed by atoms with Gasteiger partial charge in [-0.25, -0.2) is 9.18 Å². The van der Waals surface area contributed by atoms with E-state index in [4.69, 9.17) is 16.3 Å². The lowest BCUT2D eigenvalue weighted by Gasteiger charge is -2.26. The summed E-state index contributed by atoms with van der Waals surface area (Å²) in [5.74, 6) is 0.484. The molecule has 0 aliphatic carbocycles. The molecule has 188 valence electrons. The highest BCUT2D eigenvalue weighted by Crippen LogP contribution is 2.42. The van der Waals surface area contributed by atoms with Gasteiger partial charge in [-0.05, 0) is 56.0 Å². The fourth-order valence-electron chi connectivity index (χ4n) is 5.40. The second-order valence-corrected chi connectivity index (χ2v) is 11.2. The van der Waals surface area contributed by atoms with Gasteiger partial charge < -0.3 is 15.0 Å². The number of benzene rings is 1. The lowest BCUT2D eigenvalue weighted by Crippen LogP contribution is -2.38. The third kappa shape index (κ3) is 4.03. The number of alkyl halides is 1. The number of carbonyl (C=O) groups is 2. The van der Waals surface area contributed by atoms with E-state index in [1.165, 1.54) is 16.2 Å². The predicted octanol–water partition coefficient (Wildman–Crippen LogP) is 4.93. The molecule has 2 aromatic heterocycles. The van der Waals surface area contributed by atoms with Crippen LogP contribution in [0.4, 0.5) is 9.18 Å². The number of carbonyl (C=O) groups excluding carboxylic acids is 2. The first kappa shape index (κ1) is 23.6. The first-order chi connectivity index (χ1) is 17.4. The van der Waals surface area contributed by atoms with E-state index in [9.17, 15) is 14.0 Å². The smallest absolute Gasteiger partial charge is 0.327 e. The van der Waals surface area contributed by atoms with E-state index in [-0.39, 0.29) is 31.1 Å². The molecule has 7 nitrogen and oxygen atoms in total. The van der Waals surface area contributed by atoms with Crippen molar-refractivity contribution in [1.82, 2.24) is 20.1 Å². The maximum atomic E-state index is 14.4. The molecule has 1 unspecified atom stereocenters. The number of aryl methyl sites for hydroxylation is 1. The lowest BCUT2D eigenvalue weighted by molar-refractivity contribution is -0.129. The van der Waals surface area contributed by atoms with Gasteiger partial charge in [-0.15, -0.1) is 11.3 Å². The molecule has 3 aliphatic rings. The van der Waals surface area contributed by atoms with Gasteiger partial charge in [0.05, 0.1) is 16.8 Å². The van der Waals surface area contributed by atoms with Crippen LogP contribution in [0, 0.1) is 6.92 Å².